The number of hydrogen-bond acceptors (Lipinski definition) is 8. The molecule has 15 heteroatoms. The highest BCUT2D eigenvalue weighted by molar-refractivity contribution is 6.05. The number of amides is 3. The lowest BCUT2D eigenvalue weighted by Gasteiger charge is -2.42. The number of anilines is 2. The van der Waals surface area contributed by atoms with Crippen molar-refractivity contribution < 1.29 is 36.3 Å². The normalized spacial score (nSPS) is 21.6. The summed E-state index contributed by atoms with van der Waals surface area (Å²) in [6.45, 7) is 3.12. The third-order valence-corrected chi connectivity index (χ3v) is 10.7. The van der Waals surface area contributed by atoms with Crippen molar-refractivity contribution in [3.05, 3.63) is 82.7 Å². The van der Waals surface area contributed by atoms with Gasteiger partial charge in [-0.2, -0.15) is 13.2 Å². The maximum Gasteiger partial charge on any atom is 0.433 e. The number of hydrogen-bond donors (Lipinski definition) is 2. The Morgan fingerprint density at radius 3 is 2.33 bits per heavy atom. The van der Waals surface area contributed by atoms with Crippen LogP contribution in [0.15, 0.2) is 54.7 Å². The first-order valence-corrected chi connectivity index (χ1v) is 17.2. The number of rotatable bonds is 8. The summed E-state index contributed by atoms with van der Waals surface area (Å²) in [5.74, 6) is -1.24. The lowest BCUT2D eigenvalue weighted by atomic mass is 9.72. The van der Waals surface area contributed by atoms with Crippen LogP contribution >= 0.6 is 0 Å². The molecule has 1 aromatic heterocycles. The molecule has 10 nitrogen and oxygen atoms in total. The quantitative estimate of drug-likeness (QED) is 0.245. The van der Waals surface area contributed by atoms with Gasteiger partial charge in [-0.15, -0.1) is 0 Å². The average molecular weight is 712 g/mol. The molecule has 270 valence electrons. The smallest absolute Gasteiger partial charge is 0.371 e. The number of aromatic nitrogens is 2. The molecule has 1 atom stereocenters. The van der Waals surface area contributed by atoms with Crippen LogP contribution in [0.4, 0.5) is 33.6 Å². The van der Waals surface area contributed by atoms with Crippen molar-refractivity contribution in [3.63, 3.8) is 0 Å². The third kappa shape index (κ3) is 7.12. The summed E-state index contributed by atoms with van der Waals surface area (Å²) in [5, 5.41) is 5.31. The number of nitrogens with one attached hydrogen (secondary N) is 2. The minimum Gasteiger partial charge on any atom is -0.371 e. The van der Waals surface area contributed by atoms with E-state index in [0.717, 1.165) is 23.5 Å². The highest BCUT2D eigenvalue weighted by Crippen LogP contribution is 2.43. The lowest BCUT2D eigenvalue weighted by molar-refractivity contribution is -0.141. The molecule has 4 aliphatic heterocycles. The number of alkyl halides is 5. The number of carbonyl (C=O) groups excluding carboxylic acids is 3. The van der Waals surface area contributed by atoms with Crippen LogP contribution in [-0.2, 0) is 34.3 Å². The number of fused-ring (bicyclic) bond motifs is 1. The molecule has 3 fully saturated rings. The Morgan fingerprint density at radius 1 is 0.941 bits per heavy atom. The van der Waals surface area contributed by atoms with Gasteiger partial charge in [0.25, 0.3) is 5.91 Å². The van der Waals surface area contributed by atoms with Crippen molar-refractivity contribution >= 4 is 29.4 Å². The van der Waals surface area contributed by atoms with E-state index in [2.05, 4.69) is 30.4 Å². The summed E-state index contributed by atoms with van der Waals surface area (Å²) in [4.78, 5) is 50.5. The zero-order chi connectivity index (χ0) is 35.9. The first kappa shape index (κ1) is 34.8. The summed E-state index contributed by atoms with van der Waals surface area (Å²) in [6.07, 6.45) is -3.73. The van der Waals surface area contributed by atoms with E-state index in [4.69, 9.17) is 0 Å². The number of nitrogens with zero attached hydrogens (tertiary/aromatic N) is 5. The lowest BCUT2D eigenvalue weighted by Crippen LogP contribution is -2.52. The minimum absolute atomic E-state index is 0.0294. The number of imide groups is 1. The van der Waals surface area contributed by atoms with Crippen LogP contribution in [0.2, 0.25) is 0 Å². The molecule has 3 saturated heterocycles. The molecule has 3 amide bonds. The van der Waals surface area contributed by atoms with Gasteiger partial charge in [0.05, 0.1) is 5.41 Å². The Hall–Kier alpha value is -4.66. The molecular formula is C36H38F5N7O3. The molecule has 0 bridgehead atoms. The van der Waals surface area contributed by atoms with Crippen molar-refractivity contribution in [2.24, 2.45) is 0 Å². The summed E-state index contributed by atoms with van der Waals surface area (Å²) >= 11 is 0. The molecule has 0 spiro atoms. The molecule has 2 N–H and O–H groups in total. The maximum absolute atomic E-state index is 14.9. The Bertz CT molecular complexity index is 1790. The molecule has 0 aliphatic carbocycles. The van der Waals surface area contributed by atoms with Crippen molar-refractivity contribution in [1.29, 1.82) is 0 Å². The van der Waals surface area contributed by atoms with Gasteiger partial charge in [0.15, 0.2) is 0 Å². The second kappa shape index (κ2) is 13.8. The van der Waals surface area contributed by atoms with Crippen molar-refractivity contribution in [3.8, 4) is 0 Å². The summed E-state index contributed by atoms with van der Waals surface area (Å²) in [5.41, 5.74) is 1.29. The van der Waals surface area contributed by atoms with Crippen LogP contribution in [0, 0.1) is 0 Å². The van der Waals surface area contributed by atoms with E-state index in [1.807, 2.05) is 24.3 Å². The zero-order valence-corrected chi connectivity index (χ0v) is 27.8. The molecule has 3 aromatic rings. The van der Waals surface area contributed by atoms with Gasteiger partial charge in [-0.05, 0) is 86.1 Å². The first-order valence-electron chi connectivity index (χ1n) is 17.2. The predicted octanol–water partition coefficient (Wildman–Crippen LogP) is 5.14. The largest absolute Gasteiger partial charge is 0.433 e. The van der Waals surface area contributed by atoms with E-state index in [9.17, 15) is 36.3 Å². The number of carbonyl (C=O) groups is 3. The van der Waals surface area contributed by atoms with Gasteiger partial charge >= 0.3 is 6.18 Å². The number of piperidine rings is 3. The maximum atomic E-state index is 14.9. The van der Waals surface area contributed by atoms with Crippen molar-refractivity contribution in [2.45, 2.75) is 81.7 Å². The second-order valence-corrected chi connectivity index (χ2v) is 13.8. The van der Waals surface area contributed by atoms with Gasteiger partial charge in [0.2, 0.25) is 24.2 Å². The molecule has 7 rings (SSSR count). The fourth-order valence-corrected chi connectivity index (χ4v) is 7.75. The zero-order valence-electron chi connectivity index (χ0n) is 27.8. The second-order valence-electron chi connectivity index (χ2n) is 13.8. The molecule has 51 heavy (non-hydrogen) atoms. The standard InChI is InChI=1S/C36H38F5N7O3/c37-33(38)35(24-3-6-27-23(19-24)21-48(32(27)51)28-7-8-30(49)45-31(28)50)12-17-46(18-13-35)20-22-1-4-26(5-2-22)47-15-10-25(11-16-47)43-34-42-14-9-29(44-34)36(39,40)41/h1-6,9,14,19,25,28,33H,7-8,10-13,15-18,20-21H2,(H,42,43,44)(H,45,49,50). The van der Waals surface area contributed by atoms with Crippen LogP contribution in [0.1, 0.15) is 71.3 Å². The van der Waals surface area contributed by atoms with Crippen LogP contribution in [0.25, 0.3) is 0 Å². The summed E-state index contributed by atoms with van der Waals surface area (Å²) in [7, 11) is 0. The topological polar surface area (TPSA) is 111 Å². The van der Waals surface area contributed by atoms with Crippen LogP contribution < -0.4 is 15.5 Å². The Balaban J connectivity index is 0.926. The monoisotopic (exact) mass is 711 g/mol. The Kier molecular flexibility index (Phi) is 9.42. The van der Waals surface area contributed by atoms with Crippen LogP contribution in [-0.4, -0.2) is 82.2 Å². The fraction of sp³-hybridized carbons (Fsp3) is 0.472. The van der Waals surface area contributed by atoms with E-state index in [1.165, 1.54) is 4.90 Å². The van der Waals surface area contributed by atoms with Crippen molar-refractivity contribution in [1.82, 2.24) is 25.1 Å². The molecule has 1 unspecified atom stereocenters. The fourth-order valence-electron chi connectivity index (χ4n) is 7.75. The first-order chi connectivity index (χ1) is 24.4. The van der Waals surface area contributed by atoms with Gasteiger partial charge in [-0.1, -0.05) is 24.3 Å². The van der Waals surface area contributed by atoms with E-state index in [0.29, 0.717) is 62.3 Å². The van der Waals surface area contributed by atoms with E-state index < -0.39 is 35.7 Å². The highest BCUT2D eigenvalue weighted by Gasteiger charge is 2.46. The van der Waals surface area contributed by atoms with Gasteiger partial charge < -0.3 is 15.1 Å². The Labute approximate surface area is 291 Å². The minimum atomic E-state index is -4.53. The van der Waals surface area contributed by atoms with Gasteiger partial charge in [0, 0.05) is 56.1 Å². The summed E-state index contributed by atoms with van der Waals surface area (Å²) < 4.78 is 68.8. The van der Waals surface area contributed by atoms with Gasteiger partial charge in [-0.3, -0.25) is 24.6 Å². The van der Waals surface area contributed by atoms with E-state index in [-0.39, 0.29) is 56.0 Å². The molecule has 0 radical (unpaired) electrons. The van der Waals surface area contributed by atoms with E-state index >= 15 is 0 Å². The number of likely N-dealkylation sites (tertiary alicyclic amines) is 1. The predicted molar refractivity (Wildman–Crippen MR) is 177 cm³/mol. The molecule has 4 aliphatic rings. The highest BCUT2D eigenvalue weighted by atomic mass is 19.4. The number of benzene rings is 2. The van der Waals surface area contributed by atoms with Gasteiger partial charge in [0.1, 0.15) is 11.7 Å². The van der Waals surface area contributed by atoms with E-state index in [1.54, 1.807) is 18.2 Å². The molecule has 5 heterocycles. The van der Waals surface area contributed by atoms with Crippen LogP contribution in [0.5, 0.6) is 0 Å². The van der Waals surface area contributed by atoms with Gasteiger partial charge in [-0.25, -0.2) is 18.7 Å². The molecular weight excluding hydrogens is 673 g/mol. The van der Waals surface area contributed by atoms with Crippen molar-refractivity contribution in [2.75, 3.05) is 36.4 Å². The third-order valence-electron chi connectivity index (χ3n) is 10.7. The molecule has 2 aromatic carbocycles. The number of halogens is 5. The Morgan fingerprint density at radius 2 is 1.67 bits per heavy atom. The SMILES string of the molecule is O=C1CCC(N2Cc3cc(C4(C(F)F)CCN(Cc5ccc(N6CCC(Nc7nccc(C(F)(F)F)n7)CC6)cc5)CC4)ccc3C2=O)C(=O)N1. The average Bonchev–Trinajstić information content (AvgIpc) is 3.44. The van der Waals surface area contributed by atoms with Crippen LogP contribution in [0.3, 0.4) is 0 Å². The molecule has 0 saturated carbocycles. The summed E-state index contributed by atoms with van der Waals surface area (Å²) in [6, 6.07) is 13.1.